The van der Waals surface area contributed by atoms with Gasteiger partial charge in [-0.15, -0.1) is 0 Å². The van der Waals surface area contributed by atoms with Crippen molar-refractivity contribution in [3.63, 3.8) is 0 Å². The summed E-state index contributed by atoms with van der Waals surface area (Å²) in [6.07, 6.45) is 0.562. The number of anilines is 2. The van der Waals surface area contributed by atoms with Crippen LogP contribution in [0.5, 0.6) is 0 Å². The monoisotopic (exact) mass is 381 g/mol. The van der Waals surface area contributed by atoms with Gasteiger partial charge in [-0.3, -0.25) is 4.79 Å². The van der Waals surface area contributed by atoms with E-state index < -0.39 is 0 Å². The molecule has 28 heavy (non-hydrogen) atoms. The first kappa shape index (κ1) is 18.1. The van der Waals surface area contributed by atoms with Gasteiger partial charge >= 0.3 is 0 Å². The average molecular weight is 381 g/mol. The molecule has 1 fully saturated rings. The highest BCUT2D eigenvalue weighted by molar-refractivity contribution is 5.79. The van der Waals surface area contributed by atoms with E-state index in [4.69, 9.17) is 4.63 Å². The Kier molecular flexibility index (Phi) is 5.05. The van der Waals surface area contributed by atoms with Crippen molar-refractivity contribution in [1.29, 1.82) is 0 Å². The van der Waals surface area contributed by atoms with Gasteiger partial charge in [-0.1, -0.05) is 30.3 Å². The largest absolute Gasteiger partial charge is 0.363 e. The van der Waals surface area contributed by atoms with E-state index in [1.807, 2.05) is 54.1 Å². The van der Waals surface area contributed by atoms with Crippen LogP contribution in [0, 0.1) is 5.92 Å². The normalized spacial score (nSPS) is 16.7. The summed E-state index contributed by atoms with van der Waals surface area (Å²) in [4.78, 5) is 25.1. The minimum Gasteiger partial charge on any atom is -0.363 e. The van der Waals surface area contributed by atoms with Gasteiger partial charge in [0.15, 0.2) is 11.6 Å². The zero-order valence-corrected chi connectivity index (χ0v) is 16.0. The number of rotatable bonds is 7. The summed E-state index contributed by atoms with van der Waals surface area (Å²) in [6.45, 7) is 4.84. The SMILES string of the molecule is CCN1C[C@H](CN(C)c2nc3nonc3nc2NCc2ccccc2)CC1=O. The summed E-state index contributed by atoms with van der Waals surface area (Å²) in [5.41, 5.74) is 1.86. The van der Waals surface area contributed by atoms with E-state index in [0.717, 1.165) is 18.7 Å². The molecule has 3 heterocycles. The molecule has 9 heteroatoms. The van der Waals surface area contributed by atoms with Crippen LogP contribution in [0.25, 0.3) is 11.3 Å². The Morgan fingerprint density at radius 1 is 1.21 bits per heavy atom. The molecule has 1 saturated heterocycles. The zero-order valence-electron chi connectivity index (χ0n) is 16.0. The van der Waals surface area contributed by atoms with E-state index in [2.05, 4.69) is 25.6 Å². The van der Waals surface area contributed by atoms with Crippen molar-refractivity contribution in [2.24, 2.45) is 5.92 Å². The number of aromatic nitrogens is 4. The summed E-state index contributed by atoms with van der Waals surface area (Å²) in [5.74, 6) is 1.76. The highest BCUT2D eigenvalue weighted by Crippen LogP contribution is 2.26. The molecule has 2 aromatic heterocycles. The van der Waals surface area contributed by atoms with Gasteiger partial charge in [0, 0.05) is 45.6 Å². The van der Waals surface area contributed by atoms with Crippen LogP contribution in [-0.2, 0) is 11.3 Å². The third-order valence-corrected chi connectivity index (χ3v) is 4.97. The highest BCUT2D eigenvalue weighted by atomic mass is 16.6. The quantitative estimate of drug-likeness (QED) is 0.663. The maximum atomic E-state index is 12.0. The van der Waals surface area contributed by atoms with Crippen LogP contribution in [0.15, 0.2) is 35.0 Å². The minimum atomic E-state index is 0.213. The van der Waals surface area contributed by atoms with E-state index >= 15 is 0 Å². The number of carbonyl (C=O) groups excluding carboxylic acids is 1. The Morgan fingerprint density at radius 2 is 1.96 bits per heavy atom. The lowest BCUT2D eigenvalue weighted by molar-refractivity contribution is -0.127. The number of hydrogen-bond donors (Lipinski definition) is 1. The number of benzene rings is 1. The Bertz CT molecular complexity index is 959. The smallest absolute Gasteiger partial charge is 0.245 e. The molecule has 1 atom stereocenters. The average Bonchev–Trinajstić information content (AvgIpc) is 3.31. The molecular weight excluding hydrogens is 358 g/mol. The maximum Gasteiger partial charge on any atom is 0.245 e. The van der Waals surface area contributed by atoms with Gasteiger partial charge in [-0.2, -0.15) is 0 Å². The van der Waals surface area contributed by atoms with Crippen molar-refractivity contribution in [2.75, 3.05) is 36.9 Å². The van der Waals surface area contributed by atoms with Gasteiger partial charge in [-0.25, -0.2) is 14.6 Å². The molecular formula is C19H23N7O2. The predicted molar refractivity (Wildman–Crippen MR) is 105 cm³/mol. The van der Waals surface area contributed by atoms with E-state index in [-0.39, 0.29) is 11.8 Å². The fourth-order valence-electron chi connectivity index (χ4n) is 3.55. The summed E-state index contributed by atoms with van der Waals surface area (Å²) >= 11 is 0. The predicted octanol–water partition coefficient (Wildman–Crippen LogP) is 1.93. The summed E-state index contributed by atoms with van der Waals surface area (Å²) in [5, 5.41) is 11.0. The van der Waals surface area contributed by atoms with Crippen LogP contribution in [0.1, 0.15) is 18.9 Å². The third kappa shape index (κ3) is 3.73. The van der Waals surface area contributed by atoms with Crippen molar-refractivity contribution in [3.05, 3.63) is 35.9 Å². The third-order valence-electron chi connectivity index (χ3n) is 4.97. The molecule has 1 amide bonds. The molecule has 146 valence electrons. The van der Waals surface area contributed by atoms with Crippen molar-refractivity contribution < 1.29 is 9.42 Å². The fraction of sp³-hybridized carbons (Fsp3) is 0.421. The lowest BCUT2D eigenvalue weighted by Gasteiger charge is -2.23. The Morgan fingerprint density at radius 3 is 2.68 bits per heavy atom. The fourth-order valence-corrected chi connectivity index (χ4v) is 3.55. The van der Waals surface area contributed by atoms with Gasteiger partial charge in [0.25, 0.3) is 0 Å². The lowest BCUT2D eigenvalue weighted by Crippen LogP contribution is -2.30. The summed E-state index contributed by atoms with van der Waals surface area (Å²) < 4.78 is 4.77. The summed E-state index contributed by atoms with van der Waals surface area (Å²) in [7, 11) is 1.95. The molecule has 0 saturated carbocycles. The van der Waals surface area contributed by atoms with Gasteiger partial charge < -0.3 is 15.1 Å². The Labute approximate surface area is 162 Å². The molecule has 3 aromatic rings. The van der Waals surface area contributed by atoms with E-state index in [1.165, 1.54) is 0 Å². The molecule has 9 nitrogen and oxygen atoms in total. The van der Waals surface area contributed by atoms with E-state index in [9.17, 15) is 4.79 Å². The second-order valence-corrected chi connectivity index (χ2v) is 7.03. The minimum absolute atomic E-state index is 0.213. The van der Waals surface area contributed by atoms with Crippen LogP contribution in [0.2, 0.25) is 0 Å². The molecule has 0 bridgehead atoms. The molecule has 0 aliphatic carbocycles. The van der Waals surface area contributed by atoms with Crippen molar-refractivity contribution in [1.82, 2.24) is 25.2 Å². The van der Waals surface area contributed by atoms with Gasteiger partial charge in [0.05, 0.1) is 0 Å². The Balaban J connectivity index is 1.55. The number of fused-ring (bicyclic) bond motifs is 1. The first-order valence-electron chi connectivity index (χ1n) is 9.41. The number of nitrogens with zero attached hydrogens (tertiary/aromatic N) is 6. The molecule has 1 aliphatic rings. The number of hydrogen-bond acceptors (Lipinski definition) is 8. The Hall–Kier alpha value is -3.23. The number of amides is 1. The molecule has 0 spiro atoms. The highest BCUT2D eigenvalue weighted by Gasteiger charge is 2.30. The van der Waals surface area contributed by atoms with Crippen molar-refractivity contribution in [2.45, 2.75) is 19.9 Å². The van der Waals surface area contributed by atoms with Gasteiger partial charge in [0.1, 0.15) is 0 Å². The summed E-state index contributed by atoms with van der Waals surface area (Å²) in [6, 6.07) is 10.1. The zero-order chi connectivity index (χ0) is 19.5. The molecule has 1 aromatic carbocycles. The molecule has 1 N–H and O–H groups in total. The van der Waals surface area contributed by atoms with Crippen LogP contribution in [-0.4, -0.2) is 57.8 Å². The molecule has 0 radical (unpaired) electrons. The lowest BCUT2D eigenvalue weighted by atomic mass is 10.1. The van der Waals surface area contributed by atoms with Crippen molar-refractivity contribution in [3.8, 4) is 0 Å². The van der Waals surface area contributed by atoms with E-state index in [1.54, 1.807) is 0 Å². The number of likely N-dealkylation sites (tertiary alicyclic amines) is 1. The molecule has 1 aliphatic heterocycles. The van der Waals surface area contributed by atoms with Crippen LogP contribution < -0.4 is 10.2 Å². The standard InChI is InChI=1S/C19H23N7O2/c1-3-26-12-14(9-15(26)27)11-25(2)19-18(20-10-13-7-5-4-6-8-13)21-16-17(22-19)24-28-23-16/h4-8,14H,3,9-12H2,1-2H3,(H,20,21,23)/t14-/m0/s1. The second kappa shape index (κ2) is 7.79. The van der Waals surface area contributed by atoms with Crippen LogP contribution in [0.4, 0.5) is 11.6 Å². The van der Waals surface area contributed by atoms with Crippen LogP contribution >= 0.6 is 0 Å². The first-order chi connectivity index (χ1) is 13.6. The number of nitrogens with one attached hydrogen (secondary N) is 1. The van der Waals surface area contributed by atoms with Gasteiger partial charge in [-0.05, 0) is 22.8 Å². The van der Waals surface area contributed by atoms with E-state index in [0.29, 0.717) is 42.4 Å². The second-order valence-electron chi connectivity index (χ2n) is 7.03. The number of carbonyl (C=O) groups is 1. The topological polar surface area (TPSA) is 100 Å². The van der Waals surface area contributed by atoms with Crippen molar-refractivity contribution >= 4 is 28.8 Å². The molecule has 4 rings (SSSR count). The van der Waals surface area contributed by atoms with Gasteiger partial charge in [0.2, 0.25) is 17.2 Å². The molecule has 0 unspecified atom stereocenters. The first-order valence-corrected chi connectivity index (χ1v) is 9.41. The maximum absolute atomic E-state index is 12.0. The van der Waals surface area contributed by atoms with Crippen LogP contribution in [0.3, 0.4) is 0 Å².